The van der Waals surface area contributed by atoms with Crippen molar-refractivity contribution in [2.45, 2.75) is 37.0 Å². The van der Waals surface area contributed by atoms with Crippen molar-refractivity contribution >= 4 is 56.5 Å². The second-order valence-electron chi connectivity index (χ2n) is 6.57. The summed E-state index contributed by atoms with van der Waals surface area (Å²) < 4.78 is 24.1. The zero-order valence-corrected chi connectivity index (χ0v) is 18.3. The lowest BCUT2D eigenvalue weighted by Gasteiger charge is -2.19. The van der Waals surface area contributed by atoms with Crippen LogP contribution in [0.3, 0.4) is 0 Å². The monoisotopic (exact) mass is 444 g/mol. The molecule has 0 aromatic heterocycles. The molecule has 146 valence electrons. The van der Waals surface area contributed by atoms with Crippen LogP contribution < -0.4 is 0 Å². The Morgan fingerprint density at radius 3 is 2.70 bits per heavy atom. The Balaban J connectivity index is 1.95. The number of carbonyl (C=O) groups excluding carboxylic acids is 2. The molecule has 0 unspecified atom stereocenters. The first-order valence-electron chi connectivity index (χ1n) is 8.83. The van der Waals surface area contributed by atoms with Gasteiger partial charge in [0.1, 0.15) is 0 Å². The van der Waals surface area contributed by atoms with Crippen molar-refractivity contribution in [1.82, 2.24) is 0 Å². The number of Topliss-reactive ketones (excluding diaryl/α,β-unsaturated/α-hetero) is 2. The molecule has 2 aliphatic rings. The maximum absolute atomic E-state index is 13.2. The Labute approximate surface area is 173 Å². The molecule has 3 rings (SSSR count). The van der Waals surface area contributed by atoms with E-state index >= 15 is 0 Å². The SMILES string of the molecule is CSCCCSC1=C(C(=O)c2ccc3c(c2Cl)CCS3(=O)=O)C(=O)CCC1. The van der Waals surface area contributed by atoms with Gasteiger partial charge in [0, 0.05) is 12.0 Å². The summed E-state index contributed by atoms with van der Waals surface area (Å²) in [5.41, 5.74) is 0.985. The molecule has 0 amide bonds. The molecule has 0 atom stereocenters. The largest absolute Gasteiger partial charge is 0.294 e. The van der Waals surface area contributed by atoms with Crippen LogP contribution in [0.2, 0.25) is 5.02 Å². The Bertz CT molecular complexity index is 919. The third-order valence-corrected chi connectivity index (χ3v) is 8.93. The third kappa shape index (κ3) is 4.31. The average molecular weight is 445 g/mol. The van der Waals surface area contributed by atoms with Gasteiger partial charge in [0.15, 0.2) is 21.4 Å². The topological polar surface area (TPSA) is 68.3 Å². The van der Waals surface area contributed by atoms with Crippen molar-refractivity contribution in [2.24, 2.45) is 0 Å². The third-order valence-electron chi connectivity index (χ3n) is 4.76. The predicted octanol–water partition coefficient (Wildman–Crippen LogP) is 4.35. The van der Waals surface area contributed by atoms with Crippen LogP contribution >= 0.6 is 35.1 Å². The van der Waals surface area contributed by atoms with E-state index in [2.05, 4.69) is 6.26 Å². The molecule has 0 bridgehead atoms. The predicted molar refractivity (Wildman–Crippen MR) is 113 cm³/mol. The summed E-state index contributed by atoms with van der Waals surface area (Å²) in [5, 5.41) is 0.177. The van der Waals surface area contributed by atoms with Crippen molar-refractivity contribution in [2.75, 3.05) is 23.5 Å². The molecule has 0 saturated heterocycles. The van der Waals surface area contributed by atoms with Gasteiger partial charge in [-0.05, 0) is 66.0 Å². The lowest BCUT2D eigenvalue weighted by atomic mass is 9.91. The first kappa shape index (κ1) is 21.0. The van der Waals surface area contributed by atoms with Crippen molar-refractivity contribution in [1.29, 1.82) is 0 Å². The summed E-state index contributed by atoms with van der Waals surface area (Å²) in [6.45, 7) is 0. The number of allylic oxidation sites excluding steroid dienone is 2. The second-order valence-corrected chi connectivity index (χ2v) is 11.2. The van der Waals surface area contributed by atoms with E-state index in [1.807, 2.05) is 0 Å². The van der Waals surface area contributed by atoms with Crippen LogP contribution in [0.1, 0.15) is 41.6 Å². The molecule has 1 aromatic rings. The van der Waals surface area contributed by atoms with Gasteiger partial charge in [-0.15, -0.1) is 11.8 Å². The minimum Gasteiger partial charge on any atom is -0.294 e. The fourth-order valence-corrected chi connectivity index (χ4v) is 7.13. The molecule has 4 nitrogen and oxygen atoms in total. The van der Waals surface area contributed by atoms with E-state index in [1.54, 1.807) is 23.5 Å². The number of hydrogen-bond donors (Lipinski definition) is 0. The highest BCUT2D eigenvalue weighted by Crippen LogP contribution is 2.38. The minimum atomic E-state index is -3.32. The van der Waals surface area contributed by atoms with Crippen molar-refractivity contribution in [3.05, 3.63) is 38.8 Å². The fraction of sp³-hybridized carbons (Fsp3) is 0.474. The first-order chi connectivity index (χ1) is 12.9. The lowest BCUT2D eigenvalue weighted by Crippen LogP contribution is -2.19. The van der Waals surface area contributed by atoms with E-state index in [4.69, 9.17) is 11.6 Å². The fourth-order valence-electron chi connectivity index (χ4n) is 3.40. The van der Waals surface area contributed by atoms with Gasteiger partial charge < -0.3 is 0 Å². The van der Waals surface area contributed by atoms with Gasteiger partial charge in [-0.3, -0.25) is 9.59 Å². The number of sulfone groups is 1. The molecule has 0 saturated carbocycles. The summed E-state index contributed by atoms with van der Waals surface area (Å²) in [6.07, 6.45) is 5.24. The number of ketones is 2. The smallest absolute Gasteiger partial charge is 0.198 e. The molecular weight excluding hydrogens is 424 g/mol. The maximum atomic E-state index is 13.2. The normalized spacial score (nSPS) is 18.7. The molecule has 27 heavy (non-hydrogen) atoms. The number of thioether (sulfide) groups is 2. The number of halogens is 1. The van der Waals surface area contributed by atoms with Gasteiger partial charge in [0.05, 0.1) is 21.2 Å². The van der Waals surface area contributed by atoms with Crippen LogP contribution in [0.5, 0.6) is 0 Å². The van der Waals surface area contributed by atoms with Gasteiger partial charge in [-0.25, -0.2) is 8.42 Å². The maximum Gasteiger partial charge on any atom is 0.198 e. The van der Waals surface area contributed by atoms with Gasteiger partial charge in [-0.2, -0.15) is 11.8 Å². The van der Waals surface area contributed by atoms with Crippen LogP contribution in [0.4, 0.5) is 0 Å². The molecule has 8 heteroatoms. The zero-order chi connectivity index (χ0) is 19.6. The Hall–Kier alpha value is -0.760. The Morgan fingerprint density at radius 1 is 1.19 bits per heavy atom. The zero-order valence-electron chi connectivity index (χ0n) is 15.0. The summed E-state index contributed by atoms with van der Waals surface area (Å²) in [4.78, 5) is 26.7. The van der Waals surface area contributed by atoms with E-state index in [-0.39, 0.29) is 38.4 Å². The van der Waals surface area contributed by atoms with Crippen LogP contribution in [0, 0.1) is 0 Å². The second kappa shape index (κ2) is 8.72. The number of hydrogen-bond acceptors (Lipinski definition) is 6. The van der Waals surface area contributed by atoms with E-state index in [9.17, 15) is 18.0 Å². The highest BCUT2D eigenvalue weighted by molar-refractivity contribution is 8.03. The van der Waals surface area contributed by atoms with Crippen LogP contribution in [0.25, 0.3) is 0 Å². The highest BCUT2D eigenvalue weighted by Gasteiger charge is 2.33. The molecule has 0 N–H and O–H groups in total. The van der Waals surface area contributed by atoms with E-state index in [0.29, 0.717) is 18.4 Å². The van der Waals surface area contributed by atoms with Gasteiger partial charge in [-0.1, -0.05) is 11.6 Å². The van der Waals surface area contributed by atoms with Crippen molar-refractivity contribution in [3.8, 4) is 0 Å². The van der Waals surface area contributed by atoms with Crippen molar-refractivity contribution in [3.63, 3.8) is 0 Å². The summed E-state index contributed by atoms with van der Waals surface area (Å²) in [6, 6.07) is 2.91. The standard InChI is InChI=1S/C19H21ClO4S3/c1-25-9-3-10-26-15-5-2-4-14(21)17(15)19(22)13-6-7-16-12(18(13)20)8-11-27(16,23)24/h6-7H,2-5,8-11H2,1H3. The Kier molecular flexibility index (Phi) is 6.77. The highest BCUT2D eigenvalue weighted by atomic mass is 35.5. The quantitative estimate of drug-likeness (QED) is 0.354. The molecule has 1 heterocycles. The van der Waals surface area contributed by atoms with Crippen molar-refractivity contribution < 1.29 is 18.0 Å². The van der Waals surface area contributed by atoms with Crippen LogP contribution in [-0.4, -0.2) is 43.5 Å². The molecular formula is C19H21ClO4S3. The molecule has 0 fully saturated rings. The summed E-state index contributed by atoms with van der Waals surface area (Å²) >= 11 is 9.77. The van der Waals surface area contributed by atoms with E-state index < -0.39 is 9.84 Å². The average Bonchev–Trinajstić information content (AvgIpc) is 2.94. The lowest BCUT2D eigenvalue weighted by molar-refractivity contribution is -0.115. The molecule has 0 radical (unpaired) electrons. The van der Waals surface area contributed by atoms with E-state index in [0.717, 1.165) is 35.7 Å². The summed E-state index contributed by atoms with van der Waals surface area (Å²) in [7, 11) is -3.32. The minimum absolute atomic E-state index is 0.0118. The number of benzene rings is 1. The molecule has 1 aliphatic heterocycles. The van der Waals surface area contributed by atoms with E-state index in [1.165, 1.54) is 12.1 Å². The molecule has 0 spiro atoms. The van der Waals surface area contributed by atoms with Gasteiger partial charge in [0.2, 0.25) is 0 Å². The first-order valence-corrected chi connectivity index (χ1v) is 13.2. The van der Waals surface area contributed by atoms with Gasteiger partial charge in [0.25, 0.3) is 0 Å². The summed E-state index contributed by atoms with van der Waals surface area (Å²) in [5.74, 6) is 1.42. The van der Waals surface area contributed by atoms with Crippen LogP contribution in [-0.2, 0) is 21.1 Å². The molecule has 1 aliphatic carbocycles. The number of rotatable bonds is 7. The van der Waals surface area contributed by atoms with Crippen LogP contribution in [0.15, 0.2) is 27.5 Å². The molecule has 1 aromatic carbocycles. The Morgan fingerprint density at radius 2 is 1.96 bits per heavy atom. The number of carbonyl (C=O) groups is 2. The number of fused-ring (bicyclic) bond motifs is 1. The van der Waals surface area contributed by atoms with Gasteiger partial charge >= 0.3 is 0 Å².